The molecule has 0 atom stereocenters. The molecule has 6 heteroatoms. The zero-order chi connectivity index (χ0) is 37.6. The molecule has 8 aromatic carbocycles. The summed E-state index contributed by atoms with van der Waals surface area (Å²) in [5.41, 5.74) is 13.0. The van der Waals surface area contributed by atoms with Gasteiger partial charge in [0, 0.05) is 43.7 Å². The van der Waals surface area contributed by atoms with Gasteiger partial charge in [-0.25, -0.2) is 9.97 Å². The van der Waals surface area contributed by atoms with Crippen LogP contribution in [0.5, 0.6) is 0 Å². The van der Waals surface area contributed by atoms with E-state index in [4.69, 9.17) is 14.4 Å². The molecule has 0 amide bonds. The van der Waals surface area contributed by atoms with E-state index in [-0.39, 0.29) is 0 Å². The summed E-state index contributed by atoms with van der Waals surface area (Å²) in [5.74, 6) is 0. The quantitative estimate of drug-likeness (QED) is 0.181. The molecular weight excluding hydrogens is 699 g/mol. The highest BCUT2D eigenvalue weighted by molar-refractivity contribution is 6.39. The van der Waals surface area contributed by atoms with Crippen LogP contribution >= 0.6 is 0 Å². The standard InChI is InChI=1S/C51H29N5O/c52-30-33-29-32(48-47(31-15-3-1-4-16-31)53-38-22-10-11-23-39(38)54-48)27-28-40(33)56-42-25-13-8-20-36(42)46-50(56)49-44(45-37-21-9-14-26-43(37)57-51(45)46)35-19-7-12-24-41(35)55(49)34-17-5-2-6-18-34/h1-29H. The number of aromatic nitrogens is 4. The molecule has 0 N–H and O–H groups in total. The summed E-state index contributed by atoms with van der Waals surface area (Å²) in [4.78, 5) is 10.3. The van der Waals surface area contributed by atoms with Gasteiger partial charge in [0.1, 0.15) is 17.2 Å². The summed E-state index contributed by atoms with van der Waals surface area (Å²) in [6.07, 6.45) is 0. The lowest BCUT2D eigenvalue weighted by Crippen LogP contribution is -2.02. The molecule has 4 heterocycles. The molecule has 57 heavy (non-hydrogen) atoms. The molecule has 12 rings (SSSR count). The lowest BCUT2D eigenvalue weighted by atomic mass is 10.0. The zero-order valence-electron chi connectivity index (χ0n) is 30.4. The first-order chi connectivity index (χ1) is 28.3. The zero-order valence-corrected chi connectivity index (χ0v) is 30.4. The van der Waals surface area contributed by atoms with Crippen molar-refractivity contribution < 1.29 is 4.42 Å². The lowest BCUT2D eigenvalue weighted by molar-refractivity contribution is 0.673. The Morgan fingerprint density at radius 1 is 0.474 bits per heavy atom. The van der Waals surface area contributed by atoms with E-state index in [1.54, 1.807) is 0 Å². The van der Waals surface area contributed by atoms with E-state index in [1.807, 2.05) is 54.6 Å². The van der Waals surface area contributed by atoms with Gasteiger partial charge in [-0.1, -0.05) is 121 Å². The fourth-order valence-electron chi connectivity index (χ4n) is 8.94. The number of benzene rings is 8. The maximum atomic E-state index is 11.1. The number of hydrogen-bond acceptors (Lipinski definition) is 4. The summed E-state index contributed by atoms with van der Waals surface area (Å²) < 4.78 is 11.6. The van der Waals surface area contributed by atoms with E-state index in [0.29, 0.717) is 5.56 Å². The van der Waals surface area contributed by atoms with Gasteiger partial charge in [-0.3, -0.25) is 0 Å². The maximum Gasteiger partial charge on any atom is 0.146 e. The van der Waals surface area contributed by atoms with Crippen molar-refractivity contribution in [2.45, 2.75) is 0 Å². The van der Waals surface area contributed by atoms with Crippen LogP contribution < -0.4 is 0 Å². The SMILES string of the molecule is N#Cc1cc(-c2nc3ccccc3nc2-c2ccccc2)ccc1-n1c2ccccc2c2c3oc4ccccc4c3c3c4ccccc4n(-c4ccccc4)c3c21. The van der Waals surface area contributed by atoms with Crippen LogP contribution in [0.2, 0.25) is 0 Å². The van der Waals surface area contributed by atoms with Crippen LogP contribution in [0.4, 0.5) is 0 Å². The van der Waals surface area contributed by atoms with Gasteiger partial charge < -0.3 is 13.6 Å². The van der Waals surface area contributed by atoms with Crippen LogP contribution in [0.1, 0.15) is 5.56 Å². The third-order valence-corrected chi connectivity index (χ3v) is 11.3. The second-order valence-electron chi connectivity index (χ2n) is 14.4. The van der Waals surface area contributed by atoms with Crippen LogP contribution in [-0.2, 0) is 0 Å². The van der Waals surface area contributed by atoms with Crippen LogP contribution in [-0.4, -0.2) is 19.1 Å². The van der Waals surface area contributed by atoms with E-state index < -0.39 is 0 Å². The van der Waals surface area contributed by atoms with E-state index >= 15 is 0 Å². The second-order valence-corrected chi connectivity index (χ2v) is 14.4. The van der Waals surface area contributed by atoms with Gasteiger partial charge in [-0.2, -0.15) is 5.26 Å². The Hall–Kier alpha value is -8.01. The number of fused-ring (bicyclic) bond motifs is 13. The first-order valence-corrected chi connectivity index (χ1v) is 19.0. The molecule has 4 aromatic heterocycles. The third kappa shape index (κ3) is 4.45. The Morgan fingerprint density at radius 3 is 1.75 bits per heavy atom. The predicted octanol–water partition coefficient (Wildman–Crippen LogP) is 12.9. The Labute approximate surface area is 325 Å². The van der Waals surface area contributed by atoms with Crippen molar-refractivity contribution in [2.75, 3.05) is 0 Å². The summed E-state index contributed by atoms with van der Waals surface area (Å²) in [7, 11) is 0. The molecule has 0 aliphatic carbocycles. The highest BCUT2D eigenvalue weighted by Gasteiger charge is 2.28. The summed E-state index contributed by atoms with van der Waals surface area (Å²) >= 11 is 0. The molecule has 12 aromatic rings. The minimum atomic E-state index is 0.518. The lowest BCUT2D eigenvalue weighted by Gasteiger charge is -2.15. The number of nitriles is 1. The monoisotopic (exact) mass is 727 g/mol. The van der Waals surface area contributed by atoms with Crippen molar-refractivity contribution >= 4 is 76.6 Å². The molecule has 0 unspecified atom stereocenters. The van der Waals surface area contributed by atoms with Crippen molar-refractivity contribution in [3.05, 3.63) is 181 Å². The van der Waals surface area contributed by atoms with Gasteiger partial charge in [0.15, 0.2) is 0 Å². The fraction of sp³-hybridized carbons (Fsp3) is 0. The summed E-state index contributed by atoms with van der Waals surface area (Å²) in [6.45, 7) is 0. The predicted molar refractivity (Wildman–Crippen MR) is 231 cm³/mol. The van der Waals surface area contributed by atoms with Crippen molar-refractivity contribution in [3.8, 4) is 40.0 Å². The third-order valence-electron chi connectivity index (χ3n) is 11.3. The van der Waals surface area contributed by atoms with Crippen molar-refractivity contribution in [1.82, 2.24) is 19.1 Å². The van der Waals surface area contributed by atoms with E-state index in [0.717, 1.165) is 110 Å². The van der Waals surface area contributed by atoms with Gasteiger partial charge in [0.05, 0.1) is 61.1 Å². The fourth-order valence-corrected chi connectivity index (χ4v) is 8.94. The van der Waals surface area contributed by atoms with Crippen LogP contribution in [0, 0.1) is 11.3 Å². The Balaban J connectivity index is 1.25. The molecule has 0 radical (unpaired) electrons. The van der Waals surface area contributed by atoms with Gasteiger partial charge in [-0.15, -0.1) is 0 Å². The number of furan rings is 1. The minimum Gasteiger partial charge on any atom is -0.455 e. The Morgan fingerprint density at radius 2 is 1.04 bits per heavy atom. The molecule has 0 aliphatic rings. The molecule has 0 saturated heterocycles. The second kappa shape index (κ2) is 12.0. The van der Waals surface area contributed by atoms with Gasteiger partial charge >= 0.3 is 0 Å². The smallest absolute Gasteiger partial charge is 0.146 e. The van der Waals surface area contributed by atoms with Gasteiger partial charge in [0.25, 0.3) is 0 Å². The average molecular weight is 728 g/mol. The van der Waals surface area contributed by atoms with Crippen molar-refractivity contribution in [1.29, 1.82) is 5.26 Å². The molecule has 0 spiro atoms. The van der Waals surface area contributed by atoms with Crippen molar-refractivity contribution in [3.63, 3.8) is 0 Å². The topological polar surface area (TPSA) is 72.6 Å². The Kier molecular flexibility index (Phi) is 6.60. The minimum absolute atomic E-state index is 0.518. The molecule has 6 nitrogen and oxygen atoms in total. The van der Waals surface area contributed by atoms with E-state index in [9.17, 15) is 5.26 Å². The first-order valence-electron chi connectivity index (χ1n) is 19.0. The van der Waals surface area contributed by atoms with E-state index in [1.165, 1.54) is 0 Å². The first kappa shape index (κ1) is 31.4. The maximum absolute atomic E-state index is 11.1. The number of rotatable bonds is 4. The highest BCUT2D eigenvalue weighted by Crippen LogP contribution is 2.49. The molecule has 0 fully saturated rings. The summed E-state index contributed by atoms with van der Waals surface area (Å²) in [6, 6.07) is 62.7. The average Bonchev–Trinajstić information content (AvgIpc) is 3.94. The van der Waals surface area contributed by atoms with E-state index in [2.05, 4.69) is 137 Å². The molecule has 0 saturated carbocycles. The number of nitrogens with zero attached hydrogens (tertiary/aromatic N) is 5. The summed E-state index contributed by atoms with van der Waals surface area (Å²) in [5, 5.41) is 17.5. The normalized spacial score (nSPS) is 11.8. The molecule has 0 bridgehead atoms. The van der Waals surface area contributed by atoms with Gasteiger partial charge in [0.2, 0.25) is 0 Å². The largest absolute Gasteiger partial charge is 0.455 e. The highest BCUT2D eigenvalue weighted by atomic mass is 16.3. The number of hydrogen-bond donors (Lipinski definition) is 0. The Bertz CT molecular complexity index is 3640. The number of para-hydroxylation sites is 6. The van der Waals surface area contributed by atoms with Gasteiger partial charge in [-0.05, 0) is 54.6 Å². The van der Waals surface area contributed by atoms with Crippen LogP contribution in [0.3, 0.4) is 0 Å². The van der Waals surface area contributed by atoms with Crippen LogP contribution in [0.25, 0.3) is 110 Å². The molecular formula is C51H29N5O. The van der Waals surface area contributed by atoms with Crippen LogP contribution in [0.15, 0.2) is 180 Å². The van der Waals surface area contributed by atoms with Crippen molar-refractivity contribution in [2.24, 2.45) is 0 Å². The molecule has 264 valence electrons. The molecule has 0 aliphatic heterocycles.